The van der Waals surface area contributed by atoms with Gasteiger partial charge in [-0.2, -0.15) is 8.78 Å². The number of aromatic nitrogens is 3. The zero-order valence-corrected chi connectivity index (χ0v) is 18.8. The standard InChI is InChI=1S/C22H21ClF2N4O2S/c1-3-12-29-20(16-6-8-17(23)9-7-16)26-27-22(29)32-14-19(30)28(2)13-15-4-10-18(11-5-15)31-21(24)25/h3-11,21H,1,12-14H2,2H3. The molecule has 32 heavy (non-hydrogen) atoms. The Labute approximate surface area is 193 Å². The maximum Gasteiger partial charge on any atom is 0.387 e. The number of allylic oxidation sites excluding steroid dienone is 1. The van der Waals surface area contributed by atoms with E-state index in [2.05, 4.69) is 21.5 Å². The van der Waals surface area contributed by atoms with E-state index >= 15 is 0 Å². The summed E-state index contributed by atoms with van der Waals surface area (Å²) in [4.78, 5) is 14.2. The van der Waals surface area contributed by atoms with Crippen molar-refractivity contribution in [3.63, 3.8) is 0 Å². The number of nitrogens with zero attached hydrogens (tertiary/aromatic N) is 4. The van der Waals surface area contributed by atoms with Crippen LogP contribution in [0.4, 0.5) is 8.78 Å². The highest BCUT2D eigenvalue weighted by atomic mass is 35.5. The predicted octanol–water partition coefficient (Wildman–Crippen LogP) is 5.14. The van der Waals surface area contributed by atoms with E-state index < -0.39 is 6.61 Å². The van der Waals surface area contributed by atoms with Crippen LogP contribution in [0.15, 0.2) is 66.3 Å². The number of halogens is 3. The van der Waals surface area contributed by atoms with Crippen molar-refractivity contribution in [3.05, 3.63) is 71.8 Å². The zero-order chi connectivity index (χ0) is 23.1. The van der Waals surface area contributed by atoms with Crippen molar-refractivity contribution in [2.75, 3.05) is 12.8 Å². The highest BCUT2D eigenvalue weighted by molar-refractivity contribution is 7.99. The third kappa shape index (κ3) is 6.30. The summed E-state index contributed by atoms with van der Waals surface area (Å²) in [5.41, 5.74) is 1.66. The van der Waals surface area contributed by atoms with Crippen LogP contribution >= 0.6 is 23.4 Å². The summed E-state index contributed by atoms with van der Waals surface area (Å²) in [7, 11) is 1.68. The second kappa shape index (κ2) is 11.1. The Bertz CT molecular complexity index is 1060. The van der Waals surface area contributed by atoms with E-state index in [-0.39, 0.29) is 17.4 Å². The van der Waals surface area contributed by atoms with Gasteiger partial charge >= 0.3 is 6.61 Å². The highest BCUT2D eigenvalue weighted by Gasteiger charge is 2.17. The molecule has 6 nitrogen and oxygen atoms in total. The summed E-state index contributed by atoms with van der Waals surface area (Å²) >= 11 is 7.25. The fourth-order valence-electron chi connectivity index (χ4n) is 2.88. The number of benzene rings is 2. The molecular formula is C22H21ClF2N4O2S. The Morgan fingerprint density at radius 2 is 1.91 bits per heavy atom. The lowest BCUT2D eigenvalue weighted by Gasteiger charge is -2.17. The molecule has 0 aliphatic heterocycles. The van der Waals surface area contributed by atoms with Gasteiger partial charge in [0.15, 0.2) is 11.0 Å². The van der Waals surface area contributed by atoms with Crippen molar-refractivity contribution in [1.82, 2.24) is 19.7 Å². The smallest absolute Gasteiger partial charge is 0.387 e. The molecule has 0 bridgehead atoms. The van der Waals surface area contributed by atoms with Crippen molar-refractivity contribution < 1.29 is 18.3 Å². The topological polar surface area (TPSA) is 60.2 Å². The number of alkyl halides is 2. The predicted molar refractivity (Wildman–Crippen MR) is 121 cm³/mol. The Balaban J connectivity index is 1.62. The second-order valence-electron chi connectivity index (χ2n) is 6.77. The molecule has 1 amide bonds. The Morgan fingerprint density at radius 1 is 1.22 bits per heavy atom. The van der Waals surface area contributed by atoms with Crippen LogP contribution in [0.5, 0.6) is 5.75 Å². The second-order valence-corrected chi connectivity index (χ2v) is 8.15. The summed E-state index contributed by atoms with van der Waals surface area (Å²) in [6.45, 7) is 1.74. The Morgan fingerprint density at radius 3 is 2.53 bits per heavy atom. The number of carbonyl (C=O) groups is 1. The van der Waals surface area contributed by atoms with Crippen LogP contribution in [0.1, 0.15) is 5.56 Å². The van der Waals surface area contributed by atoms with E-state index in [1.807, 2.05) is 16.7 Å². The largest absolute Gasteiger partial charge is 0.435 e. The lowest BCUT2D eigenvalue weighted by atomic mass is 10.2. The molecule has 0 saturated carbocycles. The van der Waals surface area contributed by atoms with Gasteiger partial charge in [0.25, 0.3) is 0 Å². The van der Waals surface area contributed by atoms with E-state index in [9.17, 15) is 13.6 Å². The number of carbonyl (C=O) groups excluding carboxylic acids is 1. The SMILES string of the molecule is C=CCn1c(SCC(=O)N(C)Cc2ccc(OC(F)F)cc2)nnc1-c1ccc(Cl)cc1. The zero-order valence-electron chi connectivity index (χ0n) is 17.2. The molecule has 0 N–H and O–H groups in total. The maximum absolute atomic E-state index is 12.6. The van der Waals surface area contributed by atoms with E-state index in [0.29, 0.717) is 29.1 Å². The average Bonchev–Trinajstić information content (AvgIpc) is 3.16. The van der Waals surface area contributed by atoms with Gasteiger partial charge in [-0.15, -0.1) is 16.8 Å². The van der Waals surface area contributed by atoms with Crippen LogP contribution in [0.2, 0.25) is 5.02 Å². The summed E-state index contributed by atoms with van der Waals surface area (Å²) in [6, 6.07) is 13.5. The first-order valence-electron chi connectivity index (χ1n) is 9.58. The number of thioether (sulfide) groups is 1. The Kier molecular flexibility index (Phi) is 8.24. The van der Waals surface area contributed by atoms with Gasteiger partial charge in [-0.05, 0) is 42.0 Å². The molecule has 168 valence electrons. The van der Waals surface area contributed by atoms with Gasteiger partial charge in [0.1, 0.15) is 5.75 Å². The molecule has 0 fully saturated rings. The van der Waals surface area contributed by atoms with Gasteiger partial charge in [-0.25, -0.2) is 0 Å². The van der Waals surface area contributed by atoms with Crippen LogP contribution in [0, 0.1) is 0 Å². The number of ether oxygens (including phenoxy) is 1. The Hall–Kier alpha value is -2.91. The van der Waals surface area contributed by atoms with Crippen molar-refractivity contribution in [1.29, 1.82) is 0 Å². The molecule has 0 saturated heterocycles. The normalized spacial score (nSPS) is 10.9. The minimum absolute atomic E-state index is 0.0753. The van der Waals surface area contributed by atoms with Crippen LogP contribution in [-0.2, 0) is 17.9 Å². The number of hydrogen-bond donors (Lipinski definition) is 0. The molecule has 0 atom stereocenters. The summed E-state index contributed by atoms with van der Waals surface area (Å²) < 4.78 is 30.7. The molecule has 3 rings (SSSR count). The van der Waals surface area contributed by atoms with Gasteiger partial charge in [0.05, 0.1) is 5.75 Å². The van der Waals surface area contributed by atoms with Gasteiger partial charge in [0, 0.05) is 30.7 Å². The van der Waals surface area contributed by atoms with Crippen molar-refractivity contribution in [2.45, 2.75) is 24.9 Å². The fourth-order valence-corrected chi connectivity index (χ4v) is 3.89. The van der Waals surface area contributed by atoms with Crippen LogP contribution in [0.25, 0.3) is 11.4 Å². The molecule has 0 aliphatic carbocycles. The highest BCUT2D eigenvalue weighted by Crippen LogP contribution is 2.25. The van der Waals surface area contributed by atoms with Gasteiger partial charge < -0.3 is 9.64 Å². The first-order chi connectivity index (χ1) is 15.4. The van der Waals surface area contributed by atoms with Crippen molar-refractivity contribution >= 4 is 29.3 Å². The summed E-state index contributed by atoms with van der Waals surface area (Å²) in [6.07, 6.45) is 1.74. The van der Waals surface area contributed by atoms with Crippen LogP contribution < -0.4 is 4.74 Å². The molecule has 10 heteroatoms. The van der Waals surface area contributed by atoms with E-state index in [1.165, 1.54) is 23.9 Å². The molecule has 2 aromatic carbocycles. The molecule has 0 aliphatic rings. The summed E-state index contributed by atoms with van der Waals surface area (Å²) in [5.74, 6) is 0.797. The van der Waals surface area contributed by atoms with E-state index in [4.69, 9.17) is 11.6 Å². The van der Waals surface area contributed by atoms with Crippen LogP contribution in [-0.4, -0.2) is 45.0 Å². The third-order valence-corrected chi connectivity index (χ3v) is 5.65. The molecule has 1 heterocycles. The molecule has 1 aromatic heterocycles. The molecule has 0 unspecified atom stereocenters. The van der Waals surface area contributed by atoms with Crippen molar-refractivity contribution in [2.24, 2.45) is 0 Å². The van der Waals surface area contributed by atoms with E-state index in [1.54, 1.807) is 42.3 Å². The lowest BCUT2D eigenvalue weighted by molar-refractivity contribution is -0.127. The first-order valence-corrected chi connectivity index (χ1v) is 10.9. The number of rotatable bonds is 10. The van der Waals surface area contributed by atoms with Gasteiger partial charge in [0.2, 0.25) is 5.91 Å². The van der Waals surface area contributed by atoms with Crippen molar-refractivity contribution in [3.8, 4) is 17.1 Å². The molecule has 0 spiro atoms. The minimum Gasteiger partial charge on any atom is -0.435 e. The van der Waals surface area contributed by atoms with Gasteiger partial charge in [-0.3, -0.25) is 9.36 Å². The molecule has 3 aromatic rings. The monoisotopic (exact) mass is 478 g/mol. The molecular weight excluding hydrogens is 458 g/mol. The summed E-state index contributed by atoms with van der Waals surface area (Å²) in [5, 5.41) is 9.73. The number of hydrogen-bond acceptors (Lipinski definition) is 5. The number of amides is 1. The van der Waals surface area contributed by atoms with Gasteiger partial charge in [-0.1, -0.05) is 41.6 Å². The van der Waals surface area contributed by atoms with Crippen LogP contribution in [0.3, 0.4) is 0 Å². The average molecular weight is 479 g/mol. The fraction of sp³-hybridized carbons (Fsp3) is 0.227. The van der Waals surface area contributed by atoms with E-state index in [0.717, 1.165) is 11.1 Å². The third-order valence-electron chi connectivity index (χ3n) is 4.45. The maximum atomic E-state index is 12.6. The first kappa shape index (κ1) is 23.7. The molecule has 0 radical (unpaired) electrons. The quantitative estimate of drug-likeness (QED) is 0.298. The lowest BCUT2D eigenvalue weighted by Crippen LogP contribution is -2.27. The minimum atomic E-state index is -2.87.